The first kappa shape index (κ1) is 18.2. The number of fused-ring (bicyclic) bond motifs is 1. The van der Waals surface area contributed by atoms with Crippen molar-refractivity contribution in [2.24, 2.45) is 5.10 Å². The number of nitrogens with one attached hydrogen (secondary N) is 2. The Morgan fingerprint density at radius 1 is 1.15 bits per heavy atom. The van der Waals surface area contributed by atoms with Gasteiger partial charge in [-0.3, -0.25) is 5.43 Å². The van der Waals surface area contributed by atoms with E-state index in [0.717, 1.165) is 35.7 Å². The van der Waals surface area contributed by atoms with Gasteiger partial charge in [-0.05, 0) is 80.7 Å². The lowest BCUT2D eigenvalue weighted by atomic mass is 10.1. The Morgan fingerprint density at radius 2 is 1.96 bits per heavy atom. The molecule has 136 valence electrons. The number of anilines is 1. The minimum atomic E-state index is 0.300. The molecule has 0 aliphatic carbocycles. The van der Waals surface area contributed by atoms with E-state index in [1.807, 2.05) is 31.2 Å². The maximum absolute atomic E-state index is 5.41. The third-order valence-electron chi connectivity index (χ3n) is 4.41. The van der Waals surface area contributed by atoms with Crippen molar-refractivity contribution >= 4 is 28.7 Å². The van der Waals surface area contributed by atoms with E-state index >= 15 is 0 Å². The van der Waals surface area contributed by atoms with Crippen LogP contribution in [-0.2, 0) is 6.42 Å². The maximum Gasteiger partial charge on any atom is 0.231 e. The lowest BCUT2D eigenvalue weighted by Crippen LogP contribution is -2.25. The highest BCUT2D eigenvalue weighted by molar-refractivity contribution is 7.80. The zero-order chi connectivity index (χ0) is 18.5. The fourth-order valence-corrected chi connectivity index (χ4v) is 2.82. The van der Waals surface area contributed by atoms with E-state index in [4.69, 9.17) is 21.7 Å². The molecule has 0 spiro atoms. The number of ether oxygens (including phenoxy) is 2. The Balaban J connectivity index is 1.50. The van der Waals surface area contributed by atoms with Gasteiger partial charge >= 0.3 is 0 Å². The topological polar surface area (TPSA) is 54.9 Å². The number of nitrogens with zero attached hydrogens (tertiary/aromatic N) is 1. The number of rotatable bonds is 5. The molecule has 0 aromatic heterocycles. The molecule has 26 heavy (non-hydrogen) atoms. The van der Waals surface area contributed by atoms with E-state index < -0.39 is 0 Å². The summed E-state index contributed by atoms with van der Waals surface area (Å²) in [6.45, 7) is 6.43. The third kappa shape index (κ3) is 4.52. The molecule has 1 aliphatic heterocycles. The molecule has 0 saturated carbocycles. The van der Waals surface area contributed by atoms with Crippen LogP contribution in [0.3, 0.4) is 0 Å². The summed E-state index contributed by atoms with van der Waals surface area (Å²) in [4.78, 5) is 0. The quantitative estimate of drug-likeness (QED) is 0.467. The minimum Gasteiger partial charge on any atom is -0.454 e. The zero-order valence-corrected chi connectivity index (χ0v) is 16.1. The fourth-order valence-electron chi connectivity index (χ4n) is 2.66. The smallest absolute Gasteiger partial charge is 0.231 e. The van der Waals surface area contributed by atoms with Crippen molar-refractivity contribution in [1.29, 1.82) is 0 Å². The number of hydrazone groups is 1. The van der Waals surface area contributed by atoms with Crippen LogP contribution in [0.4, 0.5) is 5.69 Å². The molecule has 0 bridgehead atoms. The van der Waals surface area contributed by atoms with Gasteiger partial charge in [0.1, 0.15) is 0 Å². The van der Waals surface area contributed by atoms with Gasteiger partial charge in [0.15, 0.2) is 16.6 Å². The molecular formula is C20H23N3O2S. The van der Waals surface area contributed by atoms with Crippen LogP contribution in [0.1, 0.15) is 30.0 Å². The standard InChI is InChI=1S/C20H23N3O2S/c1-13-5-4-6-17(15(13)3)21-20(26)23-22-14(2)7-8-16-9-10-18-19(11-16)25-12-24-18/h4-6,9-11H,7-8,12H2,1-3H3,(H2,21,23,26)/b22-14+. The first-order chi connectivity index (χ1) is 12.5. The molecule has 1 heterocycles. The first-order valence-electron chi connectivity index (χ1n) is 8.58. The summed E-state index contributed by atoms with van der Waals surface area (Å²) in [5.74, 6) is 1.62. The molecule has 0 fully saturated rings. The largest absolute Gasteiger partial charge is 0.454 e. The second-order valence-electron chi connectivity index (χ2n) is 6.35. The second kappa shape index (κ2) is 8.19. The molecule has 2 aromatic rings. The van der Waals surface area contributed by atoms with Crippen molar-refractivity contribution < 1.29 is 9.47 Å². The predicted octanol–water partition coefficient (Wildman–Crippen LogP) is 4.33. The Hall–Kier alpha value is -2.60. The zero-order valence-electron chi connectivity index (χ0n) is 15.3. The molecule has 0 unspecified atom stereocenters. The summed E-state index contributed by atoms with van der Waals surface area (Å²) in [5, 5.41) is 8.05. The summed E-state index contributed by atoms with van der Waals surface area (Å²) in [7, 11) is 0. The van der Waals surface area contributed by atoms with Crippen LogP contribution >= 0.6 is 12.2 Å². The molecule has 5 nitrogen and oxygen atoms in total. The molecule has 0 saturated heterocycles. The number of thiocarbonyl (C=S) groups is 1. The molecule has 1 aliphatic rings. The molecular weight excluding hydrogens is 346 g/mol. The van der Waals surface area contributed by atoms with E-state index in [-0.39, 0.29) is 0 Å². The van der Waals surface area contributed by atoms with Crippen LogP contribution in [0, 0.1) is 13.8 Å². The van der Waals surface area contributed by atoms with Gasteiger partial charge < -0.3 is 14.8 Å². The van der Waals surface area contributed by atoms with Gasteiger partial charge in [0.25, 0.3) is 0 Å². The van der Waals surface area contributed by atoms with Gasteiger partial charge in [0.2, 0.25) is 6.79 Å². The van der Waals surface area contributed by atoms with Crippen molar-refractivity contribution in [2.75, 3.05) is 12.1 Å². The Morgan fingerprint density at radius 3 is 2.81 bits per heavy atom. The average Bonchev–Trinajstić information content (AvgIpc) is 3.10. The van der Waals surface area contributed by atoms with Crippen molar-refractivity contribution in [1.82, 2.24) is 5.43 Å². The number of hydrogen-bond acceptors (Lipinski definition) is 4. The highest BCUT2D eigenvalue weighted by atomic mass is 32.1. The summed E-state index contributed by atoms with van der Waals surface area (Å²) in [6.07, 6.45) is 1.71. The van der Waals surface area contributed by atoms with Crippen molar-refractivity contribution in [3.05, 3.63) is 53.1 Å². The van der Waals surface area contributed by atoms with Crippen LogP contribution in [0.25, 0.3) is 0 Å². The van der Waals surface area contributed by atoms with Gasteiger partial charge in [0, 0.05) is 11.4 Å². The van der Waals surface area contributed by atoms with E-state index in [0.29, 0.717) is 11.9 Å². The molecule has 2 aromatic carbocycles. The molecule has 3 rings (SSSR count). The second-order valence-corrected chi connectivity index (χ2v) is 6.76. The number of aryl methyl sites for hydroxylation is 2. The number of benzene rings is 2. The molecule has 0 atom stereocenters. The Bertz CT molecular complexity index is 849. The number of hydrogen-bond donors (Lipinski definition) is 2. The lowest BCUT2D eigenvalue weighted by molar-refractivity contribution is 0.174. The monoisotopic (exact) mass is 369 g/mol. The van der Waals surface area contributed by atoms with Gasteiger partial charge in [-0.25, -0.2) is 0 Å². The van der Waals surface area contributed by atoms with E-state index in [9.17, 15) is 0 Å². The van der Waals surface area contributed by atoms with Crippen molar-refractivity contribution in [3.8, 4) is 11.5 Å². The van der Waals surface area contributed by atoms with Gasteiger partial charge in [-0.15, -0.1) is 0 Å². The molecule has 0 amide bonds. The van der Waals surface area contributed by atoms with Crippen molar-refractivity contribution in [3.63, 3.8) is 0 Å². The molecule has 0 radical (unpaired) electrons. The van der Waals surface area contributed by atoms with Crippen LogP contribution in [0.5, 0.6) is 11.5 Å². The van der Waals surface area contributed by atoms with E-state index in [1.165, 1.54) is 16.7 Å². The van der Waals surface area contributed by atoms with Crippen LogP contribution in [-0.4, -0.2) is 17.6 Å². The van der Waals surface area contributed by atoms with Crippen LogP contribution in [0.2, 0.25) is 0 Å². The van der Waals surface area contributed by atoms with E-state index in [1.54, 1.807) is 0 Å². The van der Waals surface area contributed by atoms with Crippen LogP contribution < -0.4 is 20.2 Å². The fraction of sp³-hybridized carbons (Fsp3) is 0.300. The first-order valence-corrected chi connectivity index (χ1v) is 8.98. The Labute approximate surface area is 159 Å². The summed E-state index contributed by atoms with van der Waals surface area (Å²) in [5.41, 5.74) is 8.49. The summed E-state index contributed by atoms with van der Waals surface area (Å²) < 4.78 is 10.7. The highest BCUT2D eigenvalue weighted by Gasteiger charge is 2.13. The molecule has 2 N–H and O–H groups in total. The normalized spacial score (nSPS) is 12.8. The van der Waals surface area contributed by atoms with Gasteiger partial charge in [-0.2, -0.15) is 5.10 Å². The third-order valence-corrected chi connectivity index (χ3v) is 4.61. The van der Waals surface area contributed by atoms with Crippen LogP contribution in [0.15, 0.2) is 41.5 Å². The minimum absolute atomic E-state index is 0.300. The summed E-state index contributed by atoms with van der Waals surface area (Å²) >= 11 is 5.33. The van der Waals surface area contributed by atoms with Gasteiger partial charge in [0.05, 0.1) is 0 Å². The SMILES string of the molecule is C/C(CCc1ccc2c(c1)OCO2)=N\NC(=S)Nc1cccc(C)c1C. The average molecular weight is 369 g/mol. The highest BCUT2D eigenvalue weighted by Crippen LogP contribution is 2.32. The van der Waals surface area contributed by atoms with Gasteiger partial charge in [-0.1, -0.05) is 18.2 Å². The lowest BCUT2D eigenvalue weighted by Gasteiger charge is -2.12. The molecule has 6 heteroatoms. The predicted molar refractivity (Wildman–Crippen MR) is 109 cm³/mol. The van der Waals surface area contributed by atoms with E-state index in [2.05, 4.69) is 41.8 Å². The maximum atomic E-state index is 5.41. The Kier molecular flexibility index (Phi) is 5.73. The van der Waals surface area contributed by atoms with Crippen molar-refractivity contribution in [2.45, 2.75) is 33.6 Å². The summed E-state index contributed by atoms with van der Waals surface area (Å²) in [6, 6.07) is 12.1.